The Morgan fingerprint density at radius 2 is 0.434 bits per heavy atom. The van der Waals surface area contributed by atoms with Crippen molar-refractivity contribution in [2.45, 2.75) is 10.8 Å². The van der Waals surface area contributed by atoms with E-state index in [4.69, 9.17) is 0 Å². The van der Waals surface area contributed by atoms with E-state index >= 15 is 0 Å². The van der Waals surface area contributed by atoms with Gasteiger partial charge in [-0.3, -0.25) is 0 Å². The molecule has 0 aliphatic heterocycles. The zero-order chi connectivity index (χ0) is 50.5. The van der Waals surface area contributed by atoms with E-state index in [1.54, 1.807) is 0 Å². The van der Waals surface area contributed by atoms with Crippen molar-refractivity contribution in [3.63, 3.8) is 0 Å². The molecule has 0 amide bonds. The second-order valence-corrected chi connectivity index (χ2v) is 20.2. The minimum atomic E-state index is -0.463. The first kappa shape index (κ1) is 45.0. The quantitative estimate of drug-likeness (QED) is 0.120. The topological polar surface area (TPSA) is 0 Å². The average Bonchev–Trinajstić information content (AvgIpc) is 4.15. The van der Waals surface area contributed by atoms with Crippen molar-refractivity contribution in [2.75, 3.05) is 0 Å². The van der Waals surface area contributed by atoms with Crippen LogP contribution in [-0.4, -0.2) is 0 Å². The maximum absolute atomic E-state index is 2.46. The summed E-state index contributed by atoms with van der Waals surface area (Å²) in [6, 6.07) is 117. The van der Waals surface area contributed by atoms with E-state index in [2.05, 4.69) is 315 Å². The van der Waals surface area contributed by atoms with Gasteiger partial charge in [-0.2, -0.15) is 0 Å². The standard InChI is InChI=1S/C76H52/c1-7-23-55(24-8-1)73(57-43-39-53(40-44-57)59-47-49-67-65-35-19-21-37-69(65)75(71(67)51-59,61-27-11-3-12-28-61)62-29-13-4-14-30-62)74(56-25-9-2-10-26-56)58-45-41-54(42-46-58)60-48-50-68-66-36-20-22-38-70(66)76(72(68)52-60,63-31-15-5-16-32-63)64-33-17-6-18-34-64/h1-52H/b74-73+. The van der Waals surface area contributed by atoms with Crippen molar-refractivity contribution in [1.82, 2.24) is 0 Å². The van der Waals surface area contributed by atoms with Gasteiger partial charge in [-0.25, -0.2) is 0 Å². The van der Waals surface area contributed by atoms with E-state index < -0.39 is 10.8 Å². The Morgan fingerprint density at radius 3 is 0.763 bits per heavy atom. The van der Waals surface area contributed by atoms with Gasteiger partial charge in [0.25, 0.3) is 0 Å². The van der Waals surface area contributed by atoms with Crippen LogP contribution in [0.15, 0.2) is 315 Å². The van der Waals surface area contributed by atoms with Crippen molar-refractivity contribution in [1.29, 1.82) is 0 Å². The predicted molar refractivity (Wildman–Crippen MR) is 316 cm³/mol. The molecule has 0 saturated carbocycles. The fourth-order valence-electron chi connectivity index (χ4n) is 13.0. The van der Waals surface area contributed by atoms with Crippen LogP contribution < -0.4 is 0 Å². The minimum absolute atomic E-state index is 0.463. The fraction of sp³-hybridized carbons (Fsp3) is 0.0263. The van der Waals surface area contributed by atoms with Crippen molar-refractivity contribution >= 4 is 11.1 Å². The van der Waals surface area contributed by atoms with Crippen LogP contribution in [0.2, 0.25) is 0 Å². The van der Waals surface area contributed by atoms with E-state index in [1.807, 2.05) is 0 Å². The number of hydrogen-bond acceptors (Lipinski definition) is 0. The van der Waals surface area contributed by atoms with Gasteiger partial charge in [0.05, 0.1) is 10.8 Å². The molecule has 0 bridgehead atoms. The molecule has 0 heterocycles. The Kier molecular flexibility index (Phi) is 11.1. The maximum atomic E-state index is 2.46. The molecule has 0 nitrogen and oxygen atoms in total. The Bertz CT molecular complexity index is 3730. The maximum Gasteiger partial charge on any atom is 0.0713 e. The van der Waals surface area contributed by atoms with Crippen LogP contribution in [0.25, 0.3) is 55.7 Å². The van der Waals surface area contributed by atoms with E-state index in [-0.39, 0.29) is 0 Å². The molecule has 14 rings (SSSR count). The average molecular weight is 965 g/mol. The normalized spacial score (nSPS) is 13.7. The zero-order valence-corrected chi connectivity index (χ0v) is 42.0. The third-order valence-electron chi connectivity index (χ3n) is 16.3. The van der Waals surface area contributed by atoms with Crippen molar-refractivity contribution in [3.8, 4) is 44.5 Å². The van der Waals surface area contributed by atoms with Gasteiger partial charge in [0, 0.05) is 0 Å². The monoisotopic (exact) mass is 964 g/mol. The van der Waals surface area contributed by atoms with Crippen LogP contribution in [0.4, 0.5) is 0 Å². The van der Waals surface area contributed by atoms with Gasteiger partial charge in [-0.05, 0) is 135 Å². The lowest BCUT2D eigenvalue weighted by Gasteiger charge is -2.34. The highest BCUT2D eigenvalue weighted by Gasteiger charge is 2.47. The van der Waals surface area contributed by atoms with E-state index in [0.717, 1.165) is 11.1 Å². The molecule has 0 N–H and O–H groups in total. The first-order valence-electron chi connectivity index (χ1n) is 26.5. The summed E-state index contributed by atoms with van der Waals surface area (Å²) < 4.78 is 0. The first-order chi connectivity index (χ1) is 37.7. The molecule has 0 atom stereocenters. The summed E-state index contributed by atoms with van der Waals surface area (Å²) in [7, 11) is 0. The Morgan fingerprint density at radius 1 is 0.184 bits per heavy atom. The molecule has 356 valence electrons. The number of fused-ring (bicyclic) bond motifs is 6. The van der Waals surface area contributed by atoms with Gasteiger partial charge < -0.3 is 0 Å². The second kappa shape index (κ2) is 18.7. The van der Waals surface area contributed by atoms with Gasteiger partial charge >= 0.3 is 0 Å². The van der Waals surface area contributed by atoms with Gasteiger partial charge in [0.1, 0.15) is 0 Å². The summed E-state index contributed by atoms with van der Waals surface area (Å²) in [4.78, 5) is 0. The number of hydrogen-bond donors (Lipinski definition) is 0. The van der Waals surface area contributed by atoms with Crippen LogP contribution in [0.5, 0.6) is 0 Å². The predicted octanol–water partition coefficient (Wildman–Crippen LogP) is 18.8. The van der Waals surface area contributed by atoms with E-state index in [1.165, 1.54) is 111 Å². The molecule has 12 aromatic rings. The third-order valence-corrected chi connectivity index (χ3v) is 16.3. The molecule has 2 aliphatic carbocycles. The molecule has 0 aromatic heterocycles. The van der Waals surface area contributed by atoms with E-state index in [0.29, 0.717) is 0 Å². The molecule has 76 heavy (non-hydrogen) atoms. The highest BCUT2D eigenvalue weighted by molar-refractivity contribution is 6.05. The van der Waals surface area contributed by atoms with E-state index in [9.17, 15) is 0 Å². The van der Waals surface area contributed by atoms with Crippen LogP contribution in [0.3, 0.4) is 0 Å². The molecule has 0 radical (unpaired) electrons. The molecule has 0 unspecified atom stereocenters. The lowest BCUT2D eigenvalue weighted by atomic mass is 9.67. The van der Waals surface area contributed by atoms with Crippen LogP contribution in [-0.2, 0) is 10.8 Å². The first-order valence-corrected chi connectivity index (χ1v) is 26.5. The number of rotatable bonds is 10. The van der Waals surface area contributed by atoms with Crippen molar-refractivity contribution < 1.29 is 0 Å². The lowest BCUT2D eigenvalue weighted by Crippen LogP contribution is -2.28. The third kappa shape index (κ3) is 7.14. The van der Waals surface area contributed by atoms with Crippen LogP contribution in [0.1, 0.15) is 66.8 Å². The Labute approximate surface area is 446 Å². The van der Waals surface area contributed by atoms with Crippen molar-refractivity contribution in [3.05, 3.63) is 382 Å². The smallest absolute Gasteiger partial charge is 0.0622 e. The summed E-state index contributed by atoms with van der Waals surface area (Å²) in [6.45, 7) is 0. The van der Waals surface area contributed by atoms with Gasteiger partial charge in [-0.1, -0.05) is 303 Å². The summed E-state index contributed by atoms with van der Waals surface area (Å²) in [6.07, 6.45) is 0. The minimum Gasteiger partial charge on any atom is -0.0622 e. The summed E-state index contributed by atoms with van der Waals surface area (Å²) >= 11 is 0. The summed E-state index contributed by atoms with van der Waals surface area (Å²) in [5, 5.41) is 0. The molecule has 0 heteroatoms. The molecule has 0 fully saturated rings. The molecule has 0 saturated heterocycles. The van der Waals surface area contributed by atoms with Gasteiger partial charge in [0.15, 0.2) is 0 Å². The van der Waals surface area contributed by atoms with Crippen LogP contribution >= 0.6 is 0 Å². The summed E-state index contributed by atoms with van der Waals surface area (Å²) in [5.41, 5.74) is 26.3. The van der Waals surface area contributed by atoms with Crippen molar-refractivity contribution in [2.24, 2.45) is 0 Å². The highest BCUT2D eigenvalue weighted by atomic mass is 14.5. The zero-order valence-electron chi connectivity index (χ0n) is 42.0. The molecular formula is C76H52. The largest absolute Gasteiger partial charge is 0.0713 e. The Balaban J connectivity index is 0.891. The molecule has 2 aliphatic rings. The second-order valence-electron chi connectivity index (χ2n) is 20.2. The van der Waals surface area contributed by atoms with Gasteiger partial charge in [-0.15, -0.1) is 0 Å². The SMILES string of the molecule is c1ccc(/C(=C(/c2ccccc2)c2ccc(-c3ccc4c(c3)C(c3ccccc3)(c3ccccc3)c3ccccc3-4)cc2)c2ccc(-c3ccc4c(c3)C(c3ccccc3)(c3ccccc3)c3ccccc3-4)cc2)cc1. The molecular weight excluding hydrogens is 913 g/mol. The molecule has 12 aromatic carbocycles. The van der Waals surface area contributed by atoms with Gasteiger partial charge in [0.2, 0.25) is 0 Å². The highest BCUT2D eigenvalue weighted by Crippen LogP contribution is 2.58. The lowest BCUT2D eigenvalue weighted by molar-refractivity contribution is 0.769. The Hall–Kier alpha value is -9.62. The molecule has 0 spiro atoms. The summed E-state index contributed by atoms with van der Waals surface area (Å²) in [5.74, 6) is 0. The number of benzene rings is 12. The van der Waals surface area contributed by atoms with Crippen LogP contribution in [0, 0.1) is 0 Å². The fourth-order valence-corrected chi connectivity index (χ4v) is 13.0.